The standard InChI is InChI=1S/C11H16BrN3O/c1-13-7-11(16)14-9-6-8(12)4-5-10(9)15(2)3/h4-6,13H,7H2,1-3H3,(H,14,16). The molecule has 4 nitrogen and oxygen atoms in total. The highest BCUT2D eigenvalue weighted by atomic mass is 79.9. The summed E-state index contributed by atoms with van der Waals surface area (Å²) in [5.74, 6) is -0.0521. The van der Waals surface area contributed by atoms with Crippen molar-refractivity contribution in [2.75, 3.05) is 37.9 Å². The number of likely N-dealkylation sites (N-methyl/N-ethyl adjacent to an activating group) is 1. The quantitative estimate of drug-likeness (QED) is 0.885. The predicted octanol–water partition coefficient (Wildman–Crippen LogP) is 1.67. The molecule has 1 amide bonds. The highest BCUT2D eigenvalue weighted by Gasteiger charge is 2.08. The zero-order valence-corrected chi connectivity index (χ0v) is 11.3. The van der Waals surface area contributed by atoms with Crippen molar-refractivity contribution in [3.63, 3.8) is 0 Å². The van der Waals surface area contributed by atoms with Gasteiger partial charge in [-0.15, -0.1) is 0 Å². The first-order valence-corrected chi connectivity index (χ1v) is 5.75. The van der Waals surface area contributed by atoms with Gasteiger partial charge in [0.2, 0.25) is 5.91 Å². The number of carbonyl (C=O) groups excluding carboxylic acids is 1. The molecule has 0 bridgehead atoms. The largest absolute Gasteiger partial charge is 0.376 e. The summed E-state index contributed by atoms with van der Waals surface area (Å²) in [6.07, 6.45) is 0. The number of nitrogens with zero attached hydrogens (tertiary/aromatic N) is 1. The Morgan fingerprint density at radius 2 is 2.12 bits per heavy atom. The molecule has 0 unspecified atom stereocenters. The summed E-state index contributed by atoms with van der Waals surface area (Å²) in [5, 5.41) is 5.67. The van der Waals surface area contributed by atoms with Crippen molar-refractivity contribution in [1.82, 2.24) is 5.32 Å². The van der Waals surface area contributed by atoms with E-state index in [1.165, 1.54) is 0 Å². The van der Waals surface area contributed by atoms with Crippen LogP contribution < -0.4 is 15.5 Å². The number of halogens is 1. The average Bonchev–Trinajstić information content (AvgIpc) is 2.17. The van der Waals surface area contributed by atoms with Crippen molar-refractivity contribution in [2.45, 2.75) is 0 Å². The SMILES string of the molecule is CNCC(=O)Nc1cc(Br)ccc1N(C)C. The van der Waals surface area contributed by atoms with E-state index in [4.69, 9.17) is 0 Å². The lowest BCUT2D eigenvalue weighted by molar-refractivity contribution is -0.115. The van der Waals surface area contributed by atoms with Gasteiger partial charge in [0.05, 0.1) is 17.9 Å². The van der Waals surface area contributed by atoms with Crippen molar-refractivity contribution in [3.8, 4) is 0 Å². The van der Waals surface area contributed by atoms with Crippen molar-refractivity contribution in [3.05, 3.63) is 22.7 Å². The van der Waals surface area contributed by atoms with E-state index in [2.05, 4.69) is 26.6 Å². The average molecular weight is 286 g/mol. The van der Waals surface area contributed by atoms with Gasteiger partial charge in [0.15, 0.2) is 0 Å². The van der Waals surface area contributed by atoms with Gasteiger partial charge in [-0.05, 0) is 25.2 Å². The maximum Gasteiger partial charge on any atom is 0.238 e. The van der Waals surface area contributed by atoms with Gasteiger partial charge in [0, 0.05) is 18.6 Å². The zero-order chi connectivity index (χ0) is 12.1. The summed E-state index contributed by atoms with van der Waals surface area (Å²) in [7, 11) is 5.63. The number of carbonyl (C=O) groups is 1. The Kier molecular flexibility index (Phi) is 4.76. The van der Waals surface area contributed by atoms with Crippen LogP contribution in [0.25, 0.3) is 0 Å². The second kappa shape index (κ2) is 5.86. The Morgan fingerprint density at radius 3 is 2.69 bits per heavy atom. The fraction of sp³-hybridized carbons (Fsp3) is 0.364. The first-order chi connectivity index (χ1) is 7.54. The molecule has 0 radical (unpaired) electrons. The summed E-state index contributed by atoms with van der Waals surface area (Å²) >= 11 is 3.39. The summed E-state index contributed by atoms with van der Waals surface area (Å²) in [5.41, 5.74) is 1.78. The van der Waals surface area contributed by atoms with Crippen LogP contribution in [0.15, 0.2) is 22.7 Å². The number of hydrogen-bond donors (Lipinski definition) is 2. The van der Waals surface area contributed by atoms with Crippen LogP contribution in [-0.2, 0) is 4.79 Å². The molecule has 1 aromatic rings. The minimum Gasteiger partial charge on any atom is -0.376 e. The molecule has 0 spiro atoms. The monoisotopic (exact) mass is 285 g/mol. The number of nitrogens with one attached hydrogen (secondary N) is 2. The summed E-state index contributed by atoms with van der Waals surface area (Å²) < 4.78 is 0.942. The van der Waals surface area contributed by atoms with Gasteiger partial charge in [-0.25, -0.2) is 0 Å². The van der Waals surface area contributed by atoms with E-state index in [1.807, 2.05) is 37.2 Å². The molecule has 0 saturated heterocycles. The number of amides is 1. The smallest absolute Gasteiger partial charge is 0.238 e. The van der Waals surface area contributed by atoms with Crippen LogP contribution in [-0.4, -0.2) is 33.6 Å². The third-order valence-corrected chi connectivity index (χ3v) is 2.55. The number of benzene rings is 1. The molecular weight excluding hydrogens is 270 g/mol. The molecule has 0 saturated carbocycles. The Balaban J connectivity index is 2.92. The molecule has 1 rings (SSSR count). The van der Waals surface area contributed by atoms with Gasteiger partial charge in [-0.3, -0.25) is 4.79 Å². The molecule has 0 atom stereocenters. The molecule has 0 aromatic heterocycles. The lowest BCUT2D eigenvalue weighted by atomic mass is 10.2. The fourth-order valence-electron chi connectivity index (χ4n) is 1.35. The fourth-order valence-corrected chi connectivity index (χ4v) is 1.71. The summed E-state index contributed by atoms with van der Waals surface area (Å²) in [4.78, 5) is 13.5. The van der Waals surface area contributed by atoms with E-state index < -0.39 is 0 Å². The van der Waals surface area contributed by atoms with Crippen molar-refractivity contribution in [1.29, 1.82) is 0 Å². The topological polar surface area (TPSA) is 44.4 Å². The summed E-state index contributed by atoms with van der Waals surface area (Å²) in [6.45, 7) is 0.305. The number of rotatable bonds is 4. The second-order valence-electron chi connectivity index (χ2n) is 3.63. The molecule has 1 aromatic carbocycles. The van der Waals surface area contributed by atoms with Crippen LogP contribution in [0, 0.1) is 0 Å². The lowest BCUT2D eigenvalue weighted by Crippen LogP contribution is -2.26. The van der Waals surface area contributed by atoms with Crippen molar-refractivity contribution < 1.29 is 4.79 Å². The first-order valence-electron chi connectivity index (χ1n) is 4.96. The Morgan fingerprint density at radius 1 is 1.44 bits per heavy atom. The minimum atomic E-state index is -0.0521. The van der Waals surface area contributed by atoms with Crippen LogP contribution in [0.2, 0.25) is 0 Å². The molecule has 0 aliphatic rings. The molecule has 0 aliphatic heterocycles. The Hall–Kier alpha value is -1.07. The van der Waals surface area contributed by atoms with Gasteiger partial charge >= 0.3 is 0 Å². The molecule has 0 fully saturated rings. The Labute approximate surface area is 104 Å². The molecule has 16 heavy (non-hydrogen) atoms. The molecule has 5 heteroatoms. The van der Waals surface area contributed by atoms with Crippen LogP contribution in [0.5, 0.6) is 0 Å². The second-order valence-corrected chi connectivity index (χ2v) is 4.55. The van der Waals surface area contributed by atoms with Gasteiger partial charge < -0.3 is 15.5 Å². The maximum absolute atomic E-state index is 11.5. The van der Waals surface area contributed by atoms with Gasteiger partial charge in [-0.1, -0.05) is 15.9 Å². The number of hydrogen-bond acceptors (Lipinski definition) is 3. The van der Waals surface area contributed by atoms with E-state index in [0.717, 1.165) is 15.8 Å². The van der Waals surface area contributed by atoms with Crippen LogP contribution in [0.1, 0.15) is 0 Å². The van der Waals surface area contributed by atoms with Crippen LogP contribution in [0.3, 0.4) is 0 Å². The van der Waals surface area contributed by atoms with Gasteiger partial charge in [0.1, 0.15) is 0 Å². The first kappa shape index (κ1) is 13.0. The normalized spacial score (nSPS) is 10.0. The Bertz CT molecular complexity index is 379. The summed E-state index contributed by atoms with van der Waals surface area (Å²) in [6, 6.07) is 5.80. The van der Waals surface area contributed by atoms with Crippen molar-refractivity contribution >= 4 is 33.2 Å². The maximum atomic E-state index is 11.5. The molecule has 2 N–H and O–H groups in total. The van der Waals surface area contributed by atoms with Crippen molar-refractivity contribution in [2.24, 2.45) is 0 Å². The lowest BCUT2D eigenvalue weighted by Gasteiger charge is -2.18. The van der Waals surface area contributed by atoms with E-state index in [9.17, 15) is 4.79 Å². The van der Waals surface area contributed by atoms with Crippen LogP contribution >= 0.6 is 15.9 Å². The third kappa shape index (κ3) is 3.50. The molecular formula is C11H16BrN3O. The van der Waals surface area contributed by atoms with E-state index >= 15 is 0 Å². The minimum absolute atomic E-state index is 0.0521. The highest BCUT2D eigenvalue weighted by molar-refractivity contribution is 9.10. The highest BCUT2D eigenvalue weighted by Crippen LogP contribution is 2.27. The third-order valence-electron chi connectivity index (χ3n) is 2.05. The number of anilines is 2. The van der Waals surface area contributed by atoms with E-state index in [0.29, 0.717) is 6.54 Å². The predicted molar refractivity (Wildman–Crippen MR) is 71.0 cm³/mol. The van der Waals surface area contributed by atoms with E-state index in [-0.39, 0.29) is 5.91 Å². The molecule has 0 aliphatic carbocycles. The zero-order valence-electron chi connectivity index (χ0n) is 9.67. The van der Waals surface area contributed by atoms with Crippen LogP contribution in [0.4, 0.5) is 11.4 Å². The molecule has 88 valence electrons. The van der Waals surface area contributed by atoms with E-state index in [1.54, 1.807) is 7.05 Å². The van der Waals surface area contributed by atoms with Gasteiger partial charge in [0.25, 0.3) is 0 Å². The van der Waals surface area contributed by atoms with Gasteiger partial charge in [-0.2, -0.15) is 0 Å². The molecule has 0 heterocycles.